The van der Waals surface area contributed by atoms with Gasteiger partial charge in [0.2, 0.25) is 21.8 Å². The van der Waals surface area contributed by atoms with E-state index < -0.39 is 21.8 Å². The van der Waals surface area contributed by atoms with Crippen molar-refractivity contribution in [3.63, 3.8) is 0 Å². The third-order valence-electron chi connectivity index (χ3n) is 5.17. The molecule has 2 atom stereocenters. The molecule has 2 N–H and O–H groups in total. The third kappa shape index (κ3) is 4.65. The van der Waals surface area contributed by atoms with Crippen LogP contribution in [0, 0.1) is 24.6 Å². The summed E-state index contributed by atoms with van der Waals surface area (Å²) < 4.78 is 36.8. The van der Waals surface area contributed by atoms with Crippen LogP contribution in [0.2, 0.25) is 0 Å². The molecule has 3 rings (SSSR count). The van der Waals surface area contributed by atoms with Crippen LogP contribution in [0.5, 0.6) is 0 Å². The van der Waals surface area contributed by atoms with E-state index in [9.17, 15) is 22.4 Å². The second-order valence-electron chi connectivity index (χ2n) is 7.48. The van der Waals surface area contributed by atoms with Crippen LogP contribution >= 0.6 is 0 Å². The number of nitrogens with two attached hydrogens (primary N) is 1. The Morgan fingerprint density at radius 3 is 2.74 bits per heavy atom. The molecule has 1 aromatic rings. The quantitative estimate of drug-likeness (QED) is 0.819. The molecule has 7 nitrogen and oxygen atoms in total. The molecule has 2 heterocycles. The number of rotatable bonds is 4. The molecule has 148 valence electrons. The fourth-order valence-electron chi connectivity index (χ4n) is 3.92. The fourth-order valence-corrected chi connectivity index (χ4v) is 4.85. The van der Waals surface area contributed by atoms with Gasteiger partial charge in [0, 0.05) is 26.1 Å². The Morgan fingerprint density at radius 1 is 1.33 bits per heavy atom. The summed E-state index contributed by atoms with van der Waals surface area (Å²) in [6.45, 7) is 2.75. The largest absolute Gasteiger partial charge is 0.342 e. The summed E-state index contributed by atoms with van der Waals surface area (Å²) in [7, 11) is -3.60. The molecule has 9 heteroatoms. The van der Waals surface area contributed by atoms with Gasteiger partial charge in [-0.05, 0) is 43.4 Å². The molecule has 27 heavy (non-hydrogen) atoms. The number of hydrogen-bond acceptors (Lipinski definition) is 4. The highest BCUT2D eigenvalue weighted by atomic mass is 32.2. The molecule has 2 fully saturated rings. The number of amides is 2. The van der Waals surface area contributed by atoms with E-state index in [1.807, 2.05) is 0 Å². The third-order valence-corrected chi connectivity index (χ3v) is 6.10. The lowest BCUT2D eigenvalue weighted by Crippen LogP contribution is -2.45. The van der Waals surface area contributed by atoms with Crippen LogP contribution < -0.4 is 10.0 Å². The molecular formula is C18H24FN3O4S. The standard InChI is InChI=1S/C18H24FN3O4S/c1-12-4-5-16(15(19)7-12)22-10-14(8-17(22)23)18(24)21-6-2-3-13(9-21)11-27(20,25)26/h4-5,7,13-14H,2-3,6,8-11H2,1H3,(H2,20,25,26)/t13-,14+/m1/s1. The number of nitrogens with zero attached hydrogens (tertiary/aromatic N) is 2. The molecule has 0 saturated carbocycles. The smallest absolute Gasteiger partial charge is 0.228 e. The van der Waals surface area contributed by atoms with E-state index in [1.54, 1.807) is 24.0 Å². The van der Waals surface area contributed by atoms with Crippen molar-refractivity contribution in [1.29, 1.82) is 0 Å². The summed E-state index contributed by atoms with van der Waals surface area (Å²) >= 11 is 0. The van der Waals surface area contributed by atoms with Gasteiger partial charge in [-0.1, -0.05) is 6.07 Å². The van der Waals surface area contributed by atoms with Gasteiger partial charge >= 0.3 is 0 Å². The molecule has 0 radical (unpaired) electrons. The lowest BCUT2D eigenvalue weighted by Gasteiger charge is -2.33. The van der Waals surface area contributed by atoms with Crippen molar-refractivity contribution in [2.45, 2.75) is 26.2 Å². The van der Waals surface area contributed by atoms with Gasteiger partial charge < -0.3 is 9.80 Å². The SMILES string of the molecule is Cc1ccc(N2C[C@@H](C(=O)N3CCC[C@@H](CS(N)(=O)=O)C3)CC2=O)c(F)c1. The zero-order valence-electron chi connectivity index (χ0n) is 15.2. The maximum absolute atomic E-state index is 14.2. The van der Waals surface area contributed by atoms with E-state index in [0.29, 0.717) is 25.9 Å². The van der Waals surface area contributed by atoms with E-state index in [4.69, 9.17) is 5.14 Å². The summed E-state index contributed by atoms with van der Waals surface area (Å²) in [6.07, 6.45) is 1.43. The van der Waals surface area contributed by atoms with E-state index >= 15 is 0 Å². The van der Waals surface area contributed by atoms with E-state index in [0.717, 1.165) is 5.56 Å². The van der Waals surface area contributed by atoms with Gasteiger partial charge in [0.1, 0.15) is 5.82 Å². The van der Waals surface area contributed by atoms with Gasteiger partial charge in [-0.3, -0.25) is 9.59 Å². The number of sulfonamides is 1. The molecule has 2 amide bonds. The number of piperidine rings is 1. The molecular weight excluding hydrogens is 373 g/mol. The molecule has 2 aliphatic rings. The average molecular weight is 397 g/mol. The molecule has 0 bridgehead atoms. The topological polar surface area (TPSA) is 101 Å². The molecule has 2 aliphatic heterocycles. The number of carbonyl (C=O) groups excluding carboxylic acids is 2. The van der Waals surface area contributed by atoms with Crippen molar-refractivity contribution in [2.24, 2.45) is 17.0 Å². The number of carbonyl (C=O) groups is 2. The van der Waals surface area contributed by atoms with Crippen LogP contribution in [0.1, 0.15) is 24.8 Å². The monoisotopic (exact) mass is 397 g/mol. The molecule has 0 unspecified atom stereocenters. The van der Waals surface area contributed by atoms with Crippen LogP contribution in [0.15, 0.2) is 18.2 Å². The second-order valence-corrected chi connectivity index (χ2v) is 9.14. The first-order valence-electron chi connectivity index (χ1n) is 9.00. The van der Waals surface area contributed by atoms with Gasteiger partial charge in [0.05, 0.1) is 17.4 Å². The Balaban J connectivity index is 1.68. The molecule has 1 aromatic carbocycles. The number of aryl methyl sites for hydroxylation is 1. The van der Waals surface area contributed by atoms with Crippen LogP contribution in [0.25, 0.3) is 0 Å². The molecule has 0 aromatic heterocycles. The van der Waals surface area contributed by atoms with Crippen LogP contribution in [0.4, 0.5) is 10.1 Å². The number of hydrogen-bond donors (Lipinski definition) is 1. The number of anilines is 1. The fraction of sp³-hybridized carbons (Fsp3) is 0.556. The first-order chi connectivity index (χ1) is 12.6. The van der Waals surface area contributed by atoms with Crippen LogP contribution in [-0.2, 0) is 19.6 Å². The van der Waals surface area contributed by atoms with Crippen molar-refractivity contribution < 1.29 is 22.4 Å². The zero-order valence-corrected chi connectivity index (χ0v) is 16.0. The summed E-state index contributed by atoms with van der Waals surface area (Å²) in [4.78, 5) is 28.1. The maximum atomic E-state index is 14.2. The summed E-state index contributed by atoms with van der Waals surface area (Å²) in [5.41, 5.74) is 0.941. The summed E-state index contributed by atoms with van der Waals surface area (Å²) in [5, 5.41) is 5.12. The Labute approximate surface area is 158 Å². The highest BCUT2D eigenvalue weighted by Crippen LogP contribution is 2.30. The predicted molar refractivity (Wildman–Crippen MR) is 98.9 cm³/mol. The highest BCUT2D eigenvalue weighted by molar-refractivity contribution is 7.89. The van der Waals surface area contributed by atoms with Crippen LogP contribution in [-0.4, -0.2) is 50.5 Å². The number of likely N-dealkylation sites (tertiary alicyclic amines) is 1. The molecule has 0 spiro atoms. The number of benzene rings is 1. The second kappa shape index (κ2) is 7.55. The van der Waals surface area contributed by atoms with Gasteiger partial charge in [-0.25, -0.2) is 17.9 Å². The average Bonchev–Trinajstić information content (AvgIpc) is 2.94. The van der Waals surface area contributed by atoms with E-state index in [1.165, 1.54) is 11.0 Å². The first-order valence-corrected chi connectivity index (χ1v) is 10.7. The van der Waals surface area contributed by atoms with Crippen LogP contribution in [0.3, 0.4) is 0 Å². The normalized spacial score (nSPS) is 23.7. The van der Waals surface area contributed by atoms with E-state index in [-0.39, 0.29) is 42.1 Å². The molecule has 2 saturated heterocycles. The van der Waals surface area contributed by atoms with E-state index in [2.05, 4.69) is 0 Å². The number of primary sulfonamides is 1. The zero-order chi connectivity index (χ0) is 19.8. The van der Waals surface area contributed by atoms with Crippen molar-refractivity contribution in [3.8, 4) is 0 Å². The summed E-state index contributed by atoms with van der Waals surface area (Å²) in [5.74, 6) is -1.85. The van der Waals surface area contributed by atoms with Crippen molar-refractivity contribution in [3.05, 3.63) is 29.6 Å². The first kappa shape index (κ1) is 19.8. The highest BCUT2D eigenvalue weighted by Gasteiger charge is 2.39. The van der Waals surface area contributed by atoms with Crippen molar-refractivity contribution >= 4 is 27.5 Å². The van der Waals surface area contributed by atoms with Gasteiger partial charge in [-0.15, -0.1) is 0 Å². The summed E-state index contributed by atoms with van der Waals surface area (Å²) in [6, 6.07) is 4.64. The number of halogens is 1. The predicted octanol–water partition coefficient (Wildman–Crippen LogP) is 1.01. The van der Waals surface area contributed by atoms with Gasteiger partial charge in [0.15, 0.2) is 0 Å². The molecule has 0 aliphatic carbocycles. The lowest BCUT2D eigenvalue weighted by molar-refractivity contribution is -0.137. The Bertz CT molecular complexity index is 858. The Kier molecular flexibility index (Phi) is 5.53. The van der Waals surface area contributed by atoms with Gasteiger partial charge in [0.25, 0.3) is 0 Å². The van der Waals surface area contributed by atoms with Gasteiger partial charge in [-0.2, -0.15) is 0 Å². The Hall–Kier alpha value is -2.00. The minimum atomic E-state index is -3.60. The van der Waals surface area contributed by atoms with Crippen molar-refractivity contribution in [2.75, 3.05) is 30.3 Å². The lowest BCUT2D eigenvalue weighted by atomic mass is 9.98. The maximum Gasteiger partial charge on any atom is 0.228 e. The Morgan fingerprint density at radius 2 is 2.07 bits per heavy atom. The van der Waals surface area contributed by atoms with Crippen molar-refractivity contribution in [1.82, 2.24) is 4.90 Å². The minimum absolute atomic E-state index is 0.0303. The minimum Gasteiger partial charge on any atom is -0.342 e.